The van der Waals surface area contributed by atoms with Crippen LogP contribution in [-0.4, -0.2) is 20.1 Å². The molecule has 0 fully saturated rings. The van der Waals surface area contributed by atoms with Gasteiger partial charge in [-0.25, -0.2) is 13.1 Å². The summed E-state index contributed by atoms with van der Waals surface area (Å²) in [5, 5.41) is 13.3. The van der Waals surface area contributed by atoms with E-state index in [2.05, 4.69) is 4.72 Å². The van der Waals surface area contributed by atoms with Crippen molar-refractivity contribution in [3.63, 3.8) is 0 Å². The highest BCUT2D eigenvalue weighted by molar-refractivity contribution is 7.89. The van der Waals surface area contributed by atoms with Crippen molar-refractivity contribution in [2.45, 2.75) is 17.4 Å². The van der Waals surface area contributed by atoms with Crippen LogP contribution in [0.5, 0.6) is 0 Å². The molecule has 0 saturated heterocycles. The lowest BCUT2D eigenvalue weighted by atomic mass is 9.99. The predicted octanol–water partition coefficient (Wildman–Crippen LogP) is 3.52. The zero-order valence-electron chi connectivity index (χ0n) is 13.3. The minimum Gasteiger partial charge on any atom is -0.466 e. The Hall–Kier alpha value is -1.64. The first kappa shape index (κ1) is 18.2. The van der Waals surface area contributed by atoms with Crippen LogP contribution in [0.1, 0.15) is 16.2 Å². The first-order chi connectivity index (χ1) is 11.8. The molecule has 1 aromatic carbocycles. The minimum atomic E-state index is -3.86. The van der Waals surface area contributed by atoms with Gasteiger partial charge in [-0.3, -0.25) is 0 Å². The summed E-state index contributed by atoms with van der Waals surface area (Å²) in [7, 11) is -3.86. The fourth-order valence-corrected chi connectivity index (χ4v) is 4.86. The molecule has 0 radical (unpaired) electrons. The maximum Gasteiger partial charge on any atom is 0.241 e. The lowest BCUT2D eigenvalue weighted by Crippen LogP contribution is -2.41. The van der Waals surface area contributed by atoms with Crippen LogP contribution in [-0.2, 0) is 15.6 Å². The third-order valence-corrected chi connectivity index (χ3v) is 6.86. The Morgan fingerprint density at radius 1 is 1.24 bits per heavy atom. The van der Waals surface area contributed by atoms with Crippen molar-refractivity contribution in [1.82, 2.24) is 4.72 Å². The van der Waals surface area contributed by atoms with Crippen LogP contribution < -0.4 is 4.72 Å². The normalized spacial score (nSPS) is 14.4. The Kier molecular flexibility index (Phi) is 5.04. The Balaban J connectivity index is 1.93. The average Bonchev–Trinajstić information content (AvgIpc) is 3.29. The molecule has 5 nitrogen and oxygen atoms in total. The third-order valence-electron chi connectivity index (χ3n) is 3.88. The molecule has 0 spiro atoms. The van der Waals surface area contributed by atoms with Crippen molar-refractivity contribution in [2.24, 2.45) is 0 Å². The zero-order chi connectivity index (χ0) is 18.1. The standard InChI is InChI=1S/C17H16ClNO4S2/c1-12-13(18)5-2-6-14(12)25(21,22)19-11-17(20,15-7-3-9-23-15)16-8-4-10-24-16/h2-10,19-20H,11H2,1H3/t17-/m1/s1. The van der Waals surface area contributed by atoms with Gasteiger partial charge in [-0.2, -0.15) is 0 Å². The van der Waals surface area contributed by atoms with E-state index < -0.39 is 15.6 Å². The van der Waals surface area contributed by atoms with E-state index in [1.807, 2.05) is 0 Å². The van der Waals surface area contributed by atoms with E-state index in [0.717, 1.165) is 0 Å². The van der Waals surface area contributed by atoms with E-state index in [1.165, 1.54) is 23.7 Å². The number of hydrogen-bond acceptors (Lipinski definition) is 5. The monoisotopic (exact) mass is 397 g/mol. The Labute approximate surface area is 154 Å². The van der Waals surface area contributed by atoms with Gasteiger partial charge in [0, 0.05) is 9.90 Å². The van der Waals surface area contributed by atoms with Crippen LogP contribution in [0.25, 0.3) is 0 Å². The summed E-state index contributed by atoms with van der Waals surface area (Å²) < 4.78 is 33.2. The smallest absolute Gasteiger partial charge is 0.241 e. The van der Waals surface area contributed by atoms with Crippen molar-refractivity contribution >= 4 is 33.0 Å². The van der Waals surface area contributed by atoms with E-state index in [9.17, 15) is 13.5 Å². The summed E-state index contributed by atoms with van der Waals surface area (Å²) >= 11 is 7.33. The number of furan rings is 1. The quantitative estimate of drug-likeness (QED) is 0.667. The lowest BCUT2D eigenvalue weighted by Gasteiger charge is -2.25. The first-order valence-electron chi connectivity index (χ1n) is 7.40. The highest BCUT2D eigenvalue weighted by Crippen LogP contribution is 2.33. The van der Waals surface area contributed by atoms with Gasteiger partial charge in [-0.05, 0) is 48.2 Å². The Morgan fingerprint density at radius 2 is 2.04 bits per heavy atom. The van der Waals surface area contributed by atoms with Crippen molar-refractivity contribution in [3.05, 3.63) is 75.3 Å². The van der Waals surface area contributed by atoms with E-state index in [-0.39, 0.29) is 17.2 Å². The molecule has 3 rings (SSSR count). The van der Waals surface area contributed by atoms with Crippen molar-refractivity contribution in [3.8, 4) is 0 Å². The van der Waals surface area contributed by atoms with Crippen LogP contribution in [0.2, 0.25) is 5.02 Å². The van der Waals surface area contributed by atoms with Crippen molar-refractivity contribution < 1.29 is 17.9 Å². The SMILES string of the molecule is Cc1c(Cl)cccc1S(=O)(=O)NC[C@@](O)(c1ccco1)c1cccs1. The summed E-state index contributed by atoms with van der Waals surface area (Å²) in [5.74, 6) is 0.264. The van der Waals surface area contributed by atoms with Gasteiger partial charge in [-0.15, -0.1) is 11.3 Å². The van der Waals surface area contributed by atoms with Crippen LogP contribution in [0, 0.1) is 6.92 Å². The van der Waals surface area contributed by atoms with E-state index in [4.69, 9.17) is 16.0 Å². The number of nitrogens with one attached hydrogen (secondary N) is 1. The van der Waals surface area contributed by atoms with Gasteiger partial charge < -0.3 is 9.52 Å². The molecule has 0 amide bonds. The largest absolute Gasteiger partial charge is 0.466 e. The van der Waals surface area contributed by atoms with Gasteiger partial charge in [0.15, 0.2) is 5.60 Å². The molecule has 0 aliphatic heterocycles. The molecule has 0 saturated carbocycles. The Bertz CT molecular complexity index is 916. The van der Waals surface area contributed by atoms with Crippen LogP contribution in [0.15, 0.2) is 63.4 Å². The molecule has 2 N–H and O–H groups in total. The molecule has 0 bridgehead atoms. The maximum atomic E-state index is 12.7. The summed E-state index contributed by atoms with van der Waals surface area (Å²) in [5.41, 5.74) is -1.15. The van der Waals surface area contributed by atoms with Gasteiger partial charge >= 0.3 is 0 Å². The van der Waals surface area contributed by atoms with E-state index in [0.29, 0.717) is 15.5 Å². The molecule has 2 aromatic heterocycles. The zero-order valence-corrected chi connectivity index (χ0v) is 15.7. The number of hydrogen-bond donors (Lipinski definition) is 2. The molecule has 0 aliphatic rings. The maximum absolute atomic E-state index is 12.7. The molecule has 3 aromatic rings. The molecule has 1 atom stereocenters. The van der Waals surface area contributed by atoms with Crippen LogP contribution in [0.3, 0.4) is 0 Å². The van der Waals surface area contributed by atoms with Gasteiger partial charge in [0.25, 0.3) is 0 Å². The summed E-state index contributed by atoms with van der Waals surface area (Å²) in [4.78, 5) is 0.654. The van der Waals surface area contributed by atoms with Crippen LogP contribution >= 0.6 is 22.9 Å². The fraction of sp³-hybridized carbons (Fsp3) is 0.176. The molecule has 0 aliphatic carbocycles. The fourth-order valence-electron chi connectivity index (χ4n) is 2.48. The summed E-state index contributed by atoms with van der Waals surface area (Å²) in [6.45, 7) is 1.37. The van der Waals surface area contributed by atoms with Gasteiger partial charge in [0.05, 0.1) is 17.7 Å². The van der Waals surface area contributed by atoms with Crippen LogP contribution in [0.4, 0.5) is 0 Å². The molecule has 132 valence electrons. The number of halogens is 1. The number of thiophene rings is 1. The van der Waals surface area contributed by atoms with Gasteiger partial charge in [-0.1, -0.05) is 23.7 Å². The highest BCUT2D eigenvalue weighted by atomic mass is 35.5. The van der Waals surface area contributed by atoms with E-state index in [1.54, 1.807) is 48.7 Å². The number of benzene rings is 1. The van der Waals surface area contributed by atoms with Crippen molar-refractivity contribution in [2.75, 3.05) is 6.54 Å². The summed E-state index contributed by atoms with van der Waals surface area (Å²) in [6, 6.07) is 11.4. The van der Waals surface area contributed by atoms with Gasteiger partial charge in [0.1, 0.15) is 5.76 Å². The molecule has 0 unspecified atom stereocenters. The molecule has 25 heavy (non-hydrogen) atoms. The number of rotatable bonds is 6. The summed E-state index contributed by atoms with van der Waals surface area (Å²) in [6.07, 6.45) is 1.43. The number of aliphatic hydroxyl groups is 1. The predicted molar refractivity (Wildman–Crippen MR) is 97.4 cm³/mol. The van der Waals surface area contributed by atoms with Gasteiger partial charge in [0.2, 0.25) is 10.0 Å². The third kappa shape index (κ3) is 3.51. The Morgan fingerprint density at radius 3 is 2.68 bits per heavy atom. The van der Waals surface area contributed by atoms with E-state index >= 15 is 0 Å². The van der Waals surface area contributed by atoms with Crippen molar-refractivity contribution in [1.29, 1.82) is 0 Å². The average molecular weight is 398 g/mol. The minimum absolute atomic E-state index is 0.0768. The molecular weight excluding hydrogens is 382 g/mol. The highest BCUT2D eigenvalue weighted by Gasteiger charge is 2.37. The molecule has 8 heteroatoms. The second-order valence-corrected chi connectivity index (χ2v) is 8.59. The first-order valence-corrected chi connectivity index (χ1v) is 10.1. The molecule has 2 heterocycles. The second kappa shape index (κ2) is 6.93. The topological polar surface area (TPSA) is 79.5 Å². The lowest BCUT2D eigenvalue weighted by molar-refractivity contribution is 0.0655. The molecular formula is C17H16ClNO4S2. The second-order valence-electron chi connectivity index (χ2n) is 5.50. The number of sulfonamides is 1.